The van der Waals surface area contributed by atoms with E-state index in [9.17, 15) is 9.90 Å². The van der Waals surface area contributed by atoms with Gasteiger partial charge < -0.3 is 15.7 Å². The molecule has 1 amide bonds. The summed E-state index contributed by atoms with van der Waals surface area (Å²) in [5, 5.41) is 9.70. The Morgan fingerprint density at radius 3 is 2.67 bits per heavy atom. The first-order chi connectivity index (χ1) is 10.1. The third kappa shape index (κ3) is 4.55. The lowest BCUT2D eigenvalue weighted by Gasteiger charge is -2.33. The SMILES string of the molecule is Cc1ccccc1CCCN1CCC([C@H](O)C(N)=O)CC1. The zero-order chi connectivity index (χ0) is 15.2. The number of amides is 1. The van der Waals surface area contributed by atoms with E-state index in [1.54, 1.807) is 0 Å². The van der Waals surface area contributed by atoms with Crippen molar-refractivity contribution in [1.29, 1.82) is 0 Å². The number of primary amides is 1. The number of piperidine rings is 1. The zero-order valence-corrected chi connectivity index (χ0v) is 12.8. The highest BCUT2D eigenvalue weighted by atomic mass is 16.3. The van der Waals surface area contributed by atoms with Crippen LogP contribution >= 0.6 is 0 Å². The number of likely N-dealkylation sites (tertiary alicyclic amines) is 1. The van der Waals surface area contributed by atoms with E-state index in [1.807, 2.05) is 0 Å². The van der Waals surface area contributed by atoms with E-state index in [2.05, 4.69) is 36.1 Å². The van der Waals surface area contributed by atoms with Crippen LogP contribution in [-0.4, -0.2) is 41.7 Å². The summed E-state index contributed by atoms with van der Waals surface area (Å²) in [5.41, 5.74) is 7.95. The Morgan fingerprint density at radius 2 is 2.05 bits per heavy atom. The fraction of sp³-hybridized carbons (Fsp3) is 0.588. The van der Waals surface area contributed by atoms with Crippen LogP contribution < -0.4 is 5.73 Å². The average Bonchev–Trinajstić information content (AvgIpc) is 2.49. The van der Waals surface area contributed by atoms with Gasteiger partial charge in [0.25, 0.3) is 0 Å². The van der Waals surface area contributed by atoms with Crippen molar-refractivity contribution in [2.24, 2.45) is 11.7 Å². The summed E-state index contributed by atoms with van der Waals surface area (Å²) in [6.07, 6.45) is 2.99. The molecule has 21 heavy (non-hydrogen) atoms. The van der Waals surface area contributed by atoms with E-state index in [-0.39, 0.29) is 5.92 Å². The van der Waals surface area contributed by atoms with Gasteiger partial charge in [0, 0.05) is 0 Å². The van der Waals surface area contributed by atoms with Gasteiger partial charge in [-0.05, 0) is 69.3 Å². The van der Waals surface area contributed by atoms with E-state index >= 15 is 0 Å². The minimum atomic E-state index is -0.973. The lowest BCUT2D eigenvalue weighted by molar-refractivity contribution is -0.129. The second-order valence-corrected chi connectivity index (χ2v) is 6.06. The molecule has 1 atom stereocenters. The molecule has 1 aliphatic rings. The first-order valence-electron chi connectivity index (χ1n) is 7.82. The van der Waals surface area contributed by atoms with Gasteiger partial charge in [-0.3, -0.25) is 4.79 Å². The molecule has 0 radical (unpaired) electrons. The monoisotopic (exact) mass is 290 g/mol. The van der Waals surface area contributed by atoms with Crippen molar-refractivity contribution < 1.29 is 9.90 Å². The molecule has 1 fully saturated rings. The maximum atomic E-state index is 11.0. The van der Waals surface area contributed by atoms with E-state index in [0.717, 1.165) is 45.3 Å². The molecule has 1 aromatic rings. The summed E-state index contributed by atoms with van der Waals surface area (Å²) in [7, 11) is 0. The standard InChI is InChI=1S/C17H26N2O2/c1-13-5-2-3-6-14(13)7-4-10-19-11-8-15(9-12-19)16(20)17(18)21/h2-3,5-6,15-16,20H,4,7-12H2,1H3,(H2,18,21)/t16-/m0/s1. The summed E-state index contributed by atoms with van der Waals surface area (Å²) in [4.78, 5) is 13.4. The van der Waals surface area contributed by atoms with Gasteiger partial charge in [0.1, 0.15) is 6.10 Å². The summed E-state index contributed by atoms with van der Waals surface area (Å²) in [5.74, 6) is -0.553. The number of hydrogen-bond donors (Lipinski definition) is 2. The van der Waals surface area contributed by atoms with Crippen LogP contribution in [0.2, 0.25) is 0 Å². The molecule has 4 nitrogen and oxygen atoms in total. The molecular formula is C17H26N2O2. The van der Waals surface area contributed by atoms with Crippen LogP contribution in [0, 0.1) is 12.8 Å². The highest BCUT2D eigenvalue weighted by molar-refractivity contribution is 5.78. The van der Waals surface area contributed by atoms with Gasteiger partial charge in [0.15, 0.2) is 0 Å². The number of aliphatic hydroxyl groups is 1. The molecule has 0 unspecified atom stereocenters. The zero-order valence-electron chi connectivity index (χ0n) is 12.8. The van der Waals surface area contributed by atoms with Crippen molar-refractivity contribution in [2.45, 2.75) is 38.7 Å². The van der Waals surface area contributed by atoms with Gasteiger partial charge in [-0.2, -0.15) is 0 Å². The topological polar surface area (TPSA) is 66.6 Å². The molecule has 2 rings (SSSR count). The van der Waals surface area contributed by atoms with Crippen molar-refractivity contribution in [1.82, 2.24) is 4.90 Å². The van der Waals surface area contributed by atoms with Gasteiger partial charge in [-0.1, -0.05) is 24.3 Å². The summed E-state index contributed by atoms with van der Waals surface area (Å²) < 4.78 is 0. The quantitative estimate of drug-likeness (QED) is 0.834. The highest BCUT2D eigenvalue weighted by Gasteiger charge is 2.28. The van der Waals surface area contributed by atoms with Crippen molar-refractivity contribution in [3.8, 4) is 0 Å². The van der Waals surface area contributed by atoms with Gasteiger partial charge in [-0.25, -0.2) is 0 Å². The molecule has 1 aromatic carbocycles. The molecule has 1 saturated heterocycles. The Labute approximate surface area is 126 Å². The van der Waals surface area contributed by atoms with Crippen LogP contribution in [0.5, 0.6) is 0 Å². The molecule has 0 aromatic heterocycles. The Balaban J connectivity index is 1.70. The Morgan fingerprint density at radius 1 is 1.38 bits per heavy atom. The van der Waals surface area contributed by atoms with Crippen molar-refractivity contribution >= 4 is 5.91 Å². The van der Waals surface area contributed by atoms with E-state index in [0.29, 0.717) is 0 Å². The predicted octanol–water partition coefficient (Wildman–Crippen LogP) is 1.49. The molecule has 3 N–H and O–H groups in total. The number of rotatable bonds is 6. The van der Waals surface area contributed by atoms with Crippen molar-refractivity contribution in [3.63, 3.8) is 0 Å². The second kappa shape index (κ2) is 7.57. The van der Waals surface area contributed by atoms with Gasteiger partial charge in [-0.15, -0.1) is 0 Å². The smallest absolute Gasteiger partial charge is 0.246 e. The van der Waals surface area contributed by atoms with Crippen LogP contribution in [0.4, 0.5) is 0 Å². The third-order valence-electron chi connectivity index (χ3n) is 4.55. The Hall–Kier alpha value is -1.39. The number of nitrogens with two attached hydrogens (primary N) is 1. The first kappa shape index (κ1) is 16.0. The largest absolute Gasteiger partial charge is 0.383 e. The van der Waals surface area contributed by atoms with Gasteiger partial charge >= 0.3 is 0 Å². The van der Waals surface area contributed by atoms with Gasteiger partial charge in [0.05, 0.1) is 0 Å². The number of carbonyl (C=O) groups is 1. The van der Waals surface area contributed by atoms with Crippen molar-refractivity contribution in [3.05, 3.63) is 35.4 Å². The molecule has 0 spiro atoms. The van der Waals surface area contributed by atoms with Crippen LogP contribution in [0.15, 0.2) is 24.3 Å². The molecule has 1 heterocycles. The second-order valence-electron chi connectivity index (χ2n) is 6.06. The molecular weight excluding hydrogens is 264 g/mol. The van der Waals surface area contributed by atoms with E-state index in [1.165, 1.54) is 11.1 Å². The van der Waals surface area contributed by atoms with Crippen LogP contribution in [0.25, 0.3) is 0 Å². The predicted molar refractivity (Wildman–Crippen MR) is 83.9 cm³/mol. The fourth-order valence-corrected chi connectivity index (χ4v) is 3.11. The first-order valence-corrected chi connectivity index (χ1v) is 7.82. The number of hydrogen-bond acceptors (Lipinski definition) is 3. The molecule has 0 bridgehead atoms. The Bertz CT molecular complexity index is 468. The number of benzene rings is 1. The van der Waals surface area contributed by atoms with Crippen LogP contribution in [-0.2, 0) is 11.2 Å². The molecule has 1 aliphatic heterocycles. The molecule has 4 heteroatoms. The maximum absolute atomic E-state index is 11.0. The number of aryl methyl sites for hydroxylation is 2. The maximum Gasteiger partial charge on any atom is 0.246 e. The lowest BCUT2D eigenvalue weighted by atomic mass is 9.90. The highest BCUT2D eigenvalue weighted by Crippen LogP contribution is 2.21. The minimum absolute atomic E-state index is 0.0371. The Kier molecular flexibility index (Phi) is 5.76. The van der Waals surface area contributed by atoms with Gasteiger partial charge in [0.2, 0.25) is 5.91 Å². The molecule has 116 valence electrons. The number of aliphatic hydroxyl groups excluding tert-OH is 1. The van der Waals surface area contributed by atoms with E-state index < -0.39 is 12.0 Å². The summed E-state index contributed by atoms with van der Waals surface area (Å²) in [6, 6.07) is 8.53. The number of carbonyl (C=O) groups excluding carboxylic acids is 1. The third-order valence-corrected chi connectivity index (χ3v) is 4.55. The fourth-order valence-electron chi connectivity index (χ4n) is 3.11. The summed E-state index contributed by atoms with van der Waals surface area (Å²) >= 11 is 0. The molecule has 0 saturated carbocycles. The normalized spacial score (nSPS) is 18.6. The average molecular weight is 290 g/mol. The summed E-state index contributed by atoms with van der Waals surface area (Å²) in [6.45, 7) is 5.13. The lowest BCUT2D eigenvalue weighted by Crippen LogP contribution is -2.43. The van der Waals surface area contributed by atoms with E-state index in [4.69, 9.17) is 5.73 Å². The van der Waals surface area contributed by atoms with Crippen LogP contribution in [0.3, 0.4) is 0 Å². The number of nitrogens with zero attached hydrogens (tertiary/aromatic N) is 1. The minimum Gasteiger partial charge on any atom is -0.383 e. The van der Waals surface area contributed by atoms with Crippen LogP contribution in [0.1, 0.15) is 30.4 Å². The molecule has 0 aliphatic carbocycles. The van der Waals surface area contributed by atoms with Crippen molar-refractivity contribution in [2.75, 3.05) is 19.6 Å².